The van der Waals surface area contributed by atoms with Gasteiger partial charge in [0.15, 0.2) is 0 Å². The van der Waals surface area contributed by atoms with Crippen LogP contribution in [0.3, 0.4) is 0 Å². The SMILES string of the molecule is C=CCOC1C2CC(CC2C=C)C1N1CCOCC1. The van der Waals surface area contributed by atoms with Crippen LogP contribution in [0.4, 0.5) is 0 Å². The first-order valence-electron chi connectivity index (χ1n) is 7.52. The zero-order valence-electron chi connectivity index (χ0n) is 11.7. The van der Waals surface area contributed by atoms with Crippen LogP contribution in [0.2, 0.25) is 0 Å². The van der Waals surface area contributed by atoms with Gasteiger partial charge in [0, 0.05) is 19.1 Å². The second kappa shape index (κ2) is 5.78. The van der Waals surface area contributed by atoms with Crippen molar-refractivity contribution in [1.82, 2.24) is 4.90 Å². The van der Waals surface area contributed by atoms with Crippen LogP contribution >= 0.6 is 0 Å². The van der Waals surface area contributed by atoms with Gasteiger partial charge in [-0.15, -0.1) is 13.2 Å². The molecule has 5 atom stereocenters. The third-order valence-corrected chi connectivity index (χ3v) is 5.12. The molecule has 3 nitrogen and oxygen atoms in total. The van der Waals surface area contributed by atoms with Crippen molar-refractivity contribution in [3.63, 3.8) is 0 Å². The van der Waals surface area contributed by atoms with Gasteiger partial charge in [-0.1, -0.05) is 12.2 Å². The van der Waals surface area contributed by atoms with Crippen LogP contribution in [0.25, 0.3) is 0 Å². The minimum Gasteiger partial charge on any atom is -0.379 e. The minimum absolute atomic E-state index is 0.359. The lowest BCUT2D eigenvalue weighted by Crippen LogP contribution is -2.53. The zero-order chi connectivity index (χ0) is 13.2. The monoisotopic (exact) mass is 263 g/mol. The predicted molar refractivity (Wildman–Crippen MR) is 76.0 cm³/mol. The highest BCUT2D eigenvalue weighted by atomic mass is 16.5. The highest BCUT2D eigenvalue weighted by molar-refractivity contribution is 5.10. The predicted octanol–water partition coefficient (Wildman–Crippen LogP) is 2.10. The summed E-state index contributed by atoms with van der Waals surface area (Å²) in [6, 6.07) is 0.588. The molecule has 0 aromatic heterocycles. The van der Waals surface area contributed by atoms with Crippen molar-refractivity contribution >= 4 is 0 Å². The zero-order valence-corrected chi connectivity index (χ0v) is 11.7. The van der Waals surface area contributed by atoms with E-state index in [0.717, 1.165) is 32.2 Å². The molecule has 0 radical (unpaired) electrons. The molecule has 3 fully saturated rings. The maximum Gasteiger partial charge on any atom is 0.0771 e. The maximum absolute atomic E-state index is 6.14. The summed E-state index contributed by atoms with van der Waals surface area (Å²) in [6.07, 6.45) is 6.97. The molecule has 3 rings (SSSR count). The molecule has 1 aliphatic heterocycles. The molecule has 19 heavy (non-hydrogen) atoms. The van der Waals surface area contributed by atoms with Crippen LogP contribution in [0.5, 0.6) is 0 Å². The van der Waals surface area contributed by atoms with Gasteiger partial charge in [0.1, 0.15) is 0 Å². The molecule has 0 spiro atoms. The summed E-state index contributed by atoms with van der Waals surface area (Å²) in [5.74, 6) is 2.09. The molecule has 2 bridgehead atoms. The van der Waals surface area contributed by atoms with E-state index in [1.54, 1.807) is 0 Å². The average molecular weight is 263 g/mol. The molecule has 3 heteroatoms. The summed E-state index contributed by atoms with van der Waals surface area (Å²) < 4.78 is 11.6. The molecule has 0 aromatic rings. The van der Waals surface area contributed by atoms with E-state index in [-0.39, 0.29) is 0 Å². The van der Waals surface area contributed by atoms with Gasteiger partial charge in [-0.3, -0.25) is 4.90 Å². The fourth-order valence-electron chi connectivity index (χ4n) is 4.38. The van der Waals surface area contributed by atoms with Gasteiger partial charge in [0.2, 0.25) is 0 Å². The summed E-state index contributed by atoms with van der Waals surface area (Å²) in [7, 11) is 0. The Kier molecular flexibility index (Phi) is 4.06. The van der Waals surface area contributed by atoms with Gasteiger partial charge in [-0.2, -0.15) is 0 Å². The third-order valence-electron chi connectivity index (χ3n) is 5.12. The van der Waals surface area contributed by atoms with Crippen LogP contribution in [-0.4, -0.2) is 50.0 Å². The second-order valence-corrected chi connectivity index (χ2v) is 6.02. The molecule has 1 saturated heterocycles. The summed E-state index contributed by atoms with van der Waals surface area (Å²) in [6.45, 7) is 12.3. The van der Waals surface area contributed by atoms with Crippen molar-refractivity contribution in [3.8, 4) is 0 Å². The smallest absolute Gasteiger partial charge is 0.0771 e. The van der Waals surface area contributed by atoms with Gasteiger partial charge < -0.3 is 9.47 Å². The second-order valence-electron chi connectivity index (χ2n) is 6.02. The molecule has 5 unspecified atom stereocenters. The highest BCUT2D eigenvalue weighted by Gasteiger charge is 2.54. The standard InChI is InChI=1S/C16H25NO2/c1-3-7-19-16-14-11-13(10-12(14)4-2)15(16)17-5-8-18-9-6-17/h3-4,12-16H,1-2,5-11H2. The molecular formula is C16H25NO2. The Labute approximate surface area is 116 Å². The number of nitrogens with zero attached hydrogens (tertiary/aromatic N) is 1. The van der Waals surface area contributed by atoms with Gasteiger partial charge in [0.05, 0.1) is 25.9 Å². The van der Waals surface area contributed by atoms with Gasteiger partial charge in [-0.25, -0.2) is 0 Å². The largest absolute Gasteiger partial charge is 0.379 e. The fourth-order valence-corrected chi connectivity index (χ4v) is 4.38. The number of fused-ring (bicyclic) bond motifs is 2. The van der Waals surface area contributed by atoms with E-state index >= 15 is 0 Å². The Morgan fingerprint density at radius 2 is 2.00 bits per heavy atom. The van der Waals surface area contributed by atoms with Gasteiger partial charge in [-0.05, 0) is 30.6 Å². The highest BCUT2D eigenvalue weighted by Crippen LogP contribution is 2.52. The van der Waals surface area contributed by atoms with E-state index in [4.69, 9.17) is 9.47 Å². The summed E-state index contributed by atoms with van der Waals surface area (Å²) in [5, 5.41) is 0. The van der Waals surface area contributed by atoms with Crippen LogP contribution in [0, 0.1) is 17.8 Å². The molecule has 2 aliphatic carbocycles. The molecule has 0 amide bonds. The summed E-state index contributed by atoms with van der Waals surface area (Å²) in [5.41, 5.74) is 0. The Morgan fingerprint density at radius 1 is 1.21 bits per heavy atom. The van der Waals surface area contributed by atoms with Crippen LogP contribution in [-0.2, 0) is 9.47 Å². The molecule has 1 heterocycles. The number of hydrogen-bond acceptors (Lipinski definition) is 3. The van der Waals surface area contributed by atoms with E-state index in [0.29, 0.717) is 30.6 Å². The molecular weight excluding hydrogens is 238 g/mol. The lowest BCUT2D eigenvalue weighted by molar-refractivity contribution is -0.0699. The number of allylic oxidation sites excluding steroid dienone is 1. The van der Waals surface area contributed by atoms with E-state index in [1.165, 1.54) is 12.8 Å². The normalized spacial score (nSPS) is 42.4. The Bertz CT molecular complexity index is 338. The van der Waals surface area contributed by atoms with E-state index < -0.39 is 0 Å². The van der Waals surface area contributed by atoms with Crippen LogP contribution in [0.1, 0.15) is 12.8 Å². The minimum atomic E-state index is 0.359. The number of morpholine rings is 1. The van der Waals surface area contributed by atoms with E-state index in [9.17, 15) is 0 Å². The lowest BCUT2D eigenvalue weighted by atomic mass is 9.83. The fraction of sp³-hybridized carbons (Fsp3) is 0.750. The maximum atomic E-state index is 6.14. The topological polar surface area (TPSA) is 21.7 Å². The van der Waals surface area contributed by atoms with Crippen molar-refractivity contribution in [1.29, 1.82) is 0 Å². The quantitative estimate of drug-likeness (QED) is 0.709. The molecule has 2 saturated carbocycles. The number of ether oxygens (including phenoxy) is 2. The van der Waals surface area contributed by atoms with Crippen molar-refractivity contribution < 1.29 is 9.47 Å². The van der Waals surface area contributed by atoms with Crippen molar-refractivity contribution in [2.75, 3.05) is 32.9 Å². The summed E-state index contributed by atoms with van der Waals surface area (Å²) in [4.78, 5) is 2.60. The molecule has 0 N–H and O–H groups in total. The molecule has 3 aliphatic rings. The summed E-state index contributed by atoms with van der Waals surface area (Å²) >= 11 is 0. The van der Waals surface area contributed by atoms with Crippen molar-refractivity contribution in [3.05, 3.63) is 25.3 Å². The van der Waals surface area contributed by atoms with E-state index in [2.05, 4.69) is 24.1 Å². The number of rotatable bonds is 5. The van der Waals surface area contributed by atoms with E-state index in [1.807, 2.05) is 6.08 Å². The van der Waals surface area contributed by atoms with Gasteiger partial charge in [0.25, 0.3) is 0 Å². The Balaban J connectivity index is 1.73. The molecule has 106 valence electrons. The average Bonchev–Trinajstić information content (AvgIpc) is 3.03. The third kappa shape index (κ3) is 2.39. The van der Waals surface area contributed by atoms with Crippen molar-refractivity contribution in [2.24, 2.45) is 17.8 Å². The number of hydrogen-bond donors (Lipinski definition) is 0. The molecule has 0 aromatic carbocycles. The Hall–Kier alpha value is -0.640. The van der Waals surface area contributed by atoms with Crippen LogP contribution < -0.4 is 0 Å². The first-order chi connectivity index (χ1) is 9.35. The first-order valence-corrected chi connectivity index (χ1v) is 7.52. The Morgan fingerprint density at radius 3 is 2.68 bits per heavy atom. The van der Waals surface area contributed by atoms with Crippen LogP contribution in [0.15, 0.2) is 25.3 Å². The lowest BCUT2D eigenvalue weighted by Gasteiger charge is -2.42. The van der Waals surface area contributed by atoms with Gasteiger partial charge >= 0.3 is 0 Å². The van der Waals surface area contributed by atoms with Crippen molar-refractivity contribution in [2.45, 2.75) is 25.0 Å². The first kappa shape index (κ1) is 13.3.